The summed E-state index contributed by atoms with van der Waals surface area (Å²) in [4.78, 5) is 11.4. The second-order valence-electron chi connectivity index (χ2n) is 7.80. The van der Waals surface area contributed by atoms with Crippen molar-refractivity contribution in [1.29, 1.82) is 0 Å². The topological polar surface area (TPSA) is 97.4 Å². The minimum Gasteiger partial charge on any atom is -0.352 e. The standard InChI is InChI=1S/C20H18ClF4NO5S2/c1-32(28,29)18-8-13(21)2-3-17(18)19(27)26-10-11-4-15(5-11)33(30,31)16-7-12(20(23,24)25)6-14(22)9-16/h2-3,6-9,11,15H,4-5,10H2,1H3,(H,26,27)/t11-,15-. The molecule has 33 heavy (non-hydrogen) atoms. The van der Waals surface area contributed by atoms with Gasteiger partial charge in [-0.05, 0) is 55.2 Å². The van der Waals surface area contributed by atoms with Crippen LogP contribution in [0.2, 0.25) is 5.02 Å². The number of nitrogens with one attached hydrogen (secondary N) is 1. The van der Waals surface area contributed by atoms with E-state index in [1.165, 1.54) is 12.1 Å². The van der Waals surface area contributed by atoms with Crippen LogP contribution in [-0.2, 0) is 25.9 Å². The van der Waals surface area contributed by atoms with Gasteiger partial charge in [0.1, 0.15) is 5.82 Å². The Bertz CT molecular complexity index is 1300. The Morgan fingerprint density at radius 3 is 2.30 bits per heavy atom. The SMILES string of the molecule is CS(=O)(=O)c1cc(Cl)ccc1C(=O)NC[C@H]1C[C@H](S(=O)(=O)c2cc(F)cc(C(F)(F)F)c2)C1. The zero-order chi connectivity index (χ0) is 24.8. The molecule has 13 heteroatoms. The largest absolute Gasteiger partial charge is 0.416 e. The Morgan fingerprint density at radius 1 is 1.09 bits per heavy atom. The van der Waals surface area contributed by atoms with E-state index in [0.29, 0.717) is 12.1 Å². The van der Waals surface area contributed by atoms with E-state index in [-0.39, 0.29) is 46.9 Å². The maximum Gasteiger partial charge on any atom is 0.416 e. The summed E-state index contributed by atoms with van der Waals surface area (Å²) < 4.78 is 101. The van der Waals surface area contributed by atoms with Crippen LogP contribution in [-0.4, -0.2) is 40.8 Å². The zero-order valence-electron chi connectivity index (χ0n) is 17.0. The normalized spacial score (nSPS) is 19.1. The fourth-order valence-electron chi connectivity index (χ4n) is 3.50. The van der Waals surface area contributed by atoms with Gasteiger partial charge < -0.3 is 5.32 Å². The number of carbonyl (C=O) groups is 1. The quantitative estimate of drug-likeness (QED) is 0.575. The van der Waals surface area contributed by atoms with Gasteiger partial charge in [-0.1, -0.05) is 11.6 Å². The Morgan fingerprint density at radius 2 is 1.73 bits per heavy atom. The van der Waals surface area contributed by atoms with Crippen LogP contribution in [0.4, 0.5) is 17.6 Å². The van der Waals surface area contributed by atoms with E-state index in [1.807, 2.05) is 0 Å². The highest BCUT2D eigenvalue weighted by molar-refractivity contribution is 7.92. The zero-order valence-corrected chi connectivity index (χ0v) is 19.4. The Kier molecular flexibility index (Phi) is 6.84. The molecule has 0 atom stereocenters. The third kappa shape index (κ3) is 5.67. The van der Waals surface area contributed by atoms with Gasteiger partial charge in [0, 0.05) is 17.8 Å². The van der Waals surface area contributed by atoms with Crippen LogP contribution >= 0.6 is 11.6 Å². The Hall–Kier alpha value is -2.18. The molecule has 3 rings (SSSR count). The van der Waals surface area contributed by atoms with E-state index in [0.717, 1.165) is 12.3 Å². The number of amides is 1. The predicted octanol–water partition coefficient (Wildman–Crippen LogP) is 3.88. The molecule has 180 valence electrons. The lowest BCUT2D eigenvalue weighted by Crippen LogP contribution is -2.42. The molecule has 2 aromatic carbocycles. The number of carbonyl (C=O) groups excluding carboxylic acids is 1. The minimum atomic E-state index is -4.90. The number of sulfone groups is 2. The molecule has 1 fully saturated rings. The molecular weight excluding hydrogens is 510 g/mol. The van der Waals surface area contributed by atoms with Crippen molar-refractivity contribution in [2.24, 2.45) is 5.92 Å². The lowest BCUT2D eigenvalue weighted by atomic mass is 9.85. The van der Waals surface area contributed by atoms with Gasteiger partial charge in [0.25, 0.3) is 5.91 Å². The van der Waals surface area contributed by atoms with Gasteiger partial charge in [-0.15, -0.1) is 0 Å². The van der Waals surface area contributed by atoms with Crippen molar-refractivity contribution in [2.75, 3.05) is 12.8 Å². The molecule has 2 aromatic rings. The van der Waals surface area contributed by atoms with Crippen molar-refractivity contribution >= 4 is 37.2 Å². The monoisotopic (exact) mass is 527 g/mol. The molecule has 1 amide bonds. The number of hydrogen-bond acceptors (Lipinski definition) is 5. The maximum atomic E-state index is 13.6. The van der Waals surface area contributed by atoms with Gasteiger partial charge in [-0.25, -0.2) is 21.2 Å². The Labute approximate surface area is 192 Å². The van der Waals surface area contributed by atoms with Gasteiger partial charge in [0.05, 0.1) is 26.2 Å². The maximum absolute atomic E-state index is 13.6. The van der Waals surface area contributed by atoms with E-state index >= 15 is 0 Å². The highest BCUT2D eigenvalue weighted by atomic mass is 35.5. The van der Waals surface area contributed by atoms with Crippen LogP contribution in [0.3, 0.4) is 0 Å². The van der Waals surface area contributed by atoms with Crippen molar-refractivity contribution in [3.63, 3.8) is 0 Å². The van der Waals surface area contributed by atoms with E-state index in [9.17, 15) is 39.2 Å². The van der Waals surface area contributed by atoms with Gasteiger partial charge >= 0.3 is 6.18 Å². The van der Waals surface area contributed by atoms with Crippen molar-refractivity contribution in [1.82, 2.24) is 5.32 Å². The summed E-state index contributed by atoms with van der Waals surface area (Å²) >= 11 is 5.80. The van der Waals surface area contributed by atoms with E-state index < -0.39 is 53.3 Å². The van der Waals surface area contributed by atoms with Crippen LogP contribution < -0.4 is 5.32 Å². The second kappa shape index (κ2) is 8.88. The summed E-state index contributed by atoms with van der Waals surface area (Å²) in [6.45, 7) is 0.0215. The molecule has 0 heterocycles. The van der Waals surface area contributed by atoms with E-state index in [4.69, 9.17) is 11.6 Å². The lowest BCUT2D eigenvalue weighted by Gasteiger charge is -2.35. The molecule has 1 aliphatic rings. The van der Waals surface area contributed by atoms with Crippen LogP contribution in [0.15, 0.2) is 46.2 Å². The second-order valence-corrected chi connectivity index (χ2v) is 12.4. The van der Waals surface area contributed by atoms with Crippen LogP contribution in [0.5, 0.6) is 0 Å². The van der Waals surface area contributed by atoms with E-state index in [1.54, 1.807) is 0 Å². The third-order valence-corrected chi connectivity index (χ3v) is 8.82. The molecule has 1 N–H and O–H groups in total. The van der Waals surface area contributed by atoms with Crippen LogP contribution in [0.1, 0.15) is 28.8 Å². The fourth-order valence-corrected chi connectivity index (χ4v) is 6.64. The van der Waals surface area contributed by atoms with Gasteiger partial charge in [0.15, 0.2) is 19.7 Å². The first kappa shape index (κ1) is 25.4. The fraction of sp³-hybridized carbons (Fsp3) is 0.350. The molecule has 1 aliphatic carbocycles. The molecule has 1 saturated carbocycles. The molecule has 0 spiro atoms. The summed E-state index contributed by atoms with van der Waals surface area (Å²) in [7, 11) is -7.95. The molecule has 0 radical (unpaired) electrons. The molecule has 0 bridgehead atoms. The lowest BCUT2D eigenvalue weighted by molar-refractivity contribution is -0.137. The van der Waals surface area contributed by atoms with E-state index in [2.05, 4.69) is 5.32 Å². The molecule has 0 aromatic heterocycles. The summed E-state index contributed by atoms with van der Waals surface area (Å²) in [5, 5.41) is 1.64. The smallest absolute Gasteiger partial charge is 0.352 e. The molecule has 0 aliphatic heterocycles. The number of halogens is 5. The van der Waals surface area contributed by atoms with Crippen molar-refractivity contribution in [3.05, 3.63) is 58.4 Å². The Balaban J connectivity index is 1.66. The van der Waals surface area contributed by atoms with Gasteiger partial charge in [-0.2, -0.15) is 13.2 Å². The number of alkyl halides is 3. The average Bonchev–Trinajstić information content (AvgIpc) is 2.64. The molecule has 0 unspecified atom stereocenters. The van der Waals surface area contributed by atoms with Gasteiger partial charge in [0.2, 0.25) is 0 Å². The minimum absolute atomic E-state index is 0.0215. The van der Waals surface area contributed by atoms with Gasteiger partial charge in [-0.3, -0.25) is 4.79 Å². The average molecular weight is 528 g/mol. The van der Waals surface area contributed by atoms with Crippen molar-refractivity contribution < 1.29 is 39.2 Å². The number of hydrogen-bond donors (Lipinski definition) is 1. The van der Waals surface area contributed by atoms with Crippen molar-refractivity contribution in [3.8, 4) is 0 Å². The highest BCUT2D eigenvalue weighted by Gasteiger charge is 2.41. The summed E-state index contributed by atoms with van der Waals surface area (Å²) in [5.74, 6) is -2.31. The third-order valence-electron chi connectivity index (χ3n) is 5.30. The first-order chi connectivity index (χ1) is 15.1. The number of benzene rings is 2. The molecular formula is C20H18ClF4NO5S2. The summed E-state index contributed by atoms with van der Waals surface area (Å²) in [6.07, 6.45) is -3.89. The van der Waals surface area contributed by atoms with Crippen LogP contribution in [0, 0.1) is 11.7 Å². The number of rotatable bonds is 6. The summed E-state index contributed by atoms with van der Waals surface area (Å²) in [5.41, 5.74) is -1.52. The van der Waals surface area contributed by atoms with Crippen LogP contribution in [0.25, 0.3) is 0 Å². The highest BCUT2D eigenvalue weighted by Crippen LogP contribution is 2.38. The predicted molar refractivity (Wildman–Crippen MR) is 112 cm³/mol. The molecule has 0 saturated heterocycles. The molecule has 6 nitrogen and oxygen atoms in total. The first-order valence-corrected chi connectivity index (χ1v) is 13.3. The summed E-state index contributed by atoms with van der Waals surface area (Å²) in [6, 6.07) is 4.93. The first-order valence-electron chi connectivity index (χ1n) is 9.48. The van der Waals surface area contributed by atoms with Crippen molar-refractivity contribution in [2.45, 2.75) is 34.1 Å².